The van der Waals surface area contributed by atoms with E-state index in [1.54, 1.807) is 0 Å². The summed E-state index contributed by atoms with van der Waals surface area (Å²) in [4.78, 5) is 69.8. The van der Waals surface area contributed by atoms with Gasteiger partial charge in [0.1, 0.15) is 11.9 Å². The third-order valence-corrected chi connectivity index (χ3v) is 6.43. The average Bonchev–Trinajstić information content (AvgIpc) is 2.84. The number of nitrogens with one attached hydrogen (secondary N) is 3. The maximum absolute atomic E-state index is 12.9. The van der Waals surface area contributed by atoms with E-state index < -0.39 is 35.2 Å². The van der Waals surface area contributed by atoms with Gasteiger partial charge in [-0.25, -0.2) is 0 Å². The Bertz CT molecular complexity index is 866. The molecule has 1 saturated heterocycles. The minimum absolute atomic E-state index is 0.00775. The van der Waals surface area contributed by atoms with Gasteiger partial charge in [-0.1, -0.05) is 25.6 Å². The molecule has 2 atom stereocenters. The van der Waals surface area contributed by atoms with Gasteiger partial charge in [-0.3, -0.25) is 28.8 Å². The molecular formula is C24H39N3O10S. The van der Waals surface area contributed by atoms with Crippen LogP contribution in [0, 0.1) is 5.41 Å². The Balaban J connectivity index is 2.38. The van der Waals surface area contributed by atoms with Crippen LogP contribution in [0.2, 0.25) is 0 Å². The number of aliphatic carboxylic acids is 1. The van der Waals surface area contributed by atoms with E-state index in [1.807, 2.05) is 13.8 Å². The number of hydrogen-bond donors (Lipinski definition) is 4. The molecule has 0 aromatic rings. The van der Waals surface area contributed by atoms with Crippen molar-refractivity contribution in [2.24, 2.45) is 5.41 Å². The second kappa shape index (κ2) is 16.4. The second-order valence-corrected chi connectivity index (χ2v) is 10.6. The van der Waals surface area contributed by atoms with Crippen LogP contribution in [0.15, 0.2) is 0 Å². The summed E-state index contributed by atoms with van der Waals surface area (Å²) < 4.78 is 17.2. The van der Waals surface area contributed by atoms with E-state index in [0.29, 0.717) is 19.4 Å². The number of hydrogen-bond acceptors (Lipinski definition) is 10. The normalized spacial score (nSPS) is 20.3. The van der Waals surface area contributed by atoms with E-state index in [2.05, 4.69) is 16.0 Å². The molecule has 0 aliphatic carbocycles. The van der Waals surface area contributed by atoms with Gasteiger partial charge in [0.05, 0.1) is 19.4 Å². The zero-order chi connectivity index (χ0) is 28.8. The first kappa shape index (κ1) is 33.5. The van der Waals surface area contributed by atoms with Gasteiger partial charge in [-0.2, -0.15) is 0 Å². The highest BCUT2D eigenvalue weighted by molar-refractivity contribution is 8.13. The highest BCUT2D eigenvalue weighted by Crippen LogP contribution is 2.37. The second-order valence-electron chi connectivity index (χ2n) is 9.47. The van der Waals surface area contributed by atoms with Crippen LogP contribution in [0.3, 0.4) is 0 Å². The van der Waals surface area contributed by atoms with Gasteiger partial charge in [-0.05, 0) is 6.42 Å². The minimum Gasteiger partial charge on any atom is -0.481 e. The molecule has 3 amide bonds. The van der Waals surface area contributed by atoms with Crippen molar-refractivity contribution in [1.82, 2.24) is 16.0 Å². The lowest BCUT2D eigenvalue weighted by Crippen LogP contribution is -2.59. The molecule has 0 bridgehead atoms. The predicted molar refractivity (Wildman–Crippen MR) is 137 cm³/mol. The molecule has 1 heterocycles. The summed E-state index contributed by atoms with van der Waals surface area (Å²) in [5.74, 6) is -3.60. The molecule has 0 radical (unpaired) electrons. The summed E-state index contributed by atoms with van der Waals surface area (Å²) in [5.41, 5.74) is -0.662. The number of methoxy groups -OCH3 is 1. The number of carboxylic acids is 1. The van der Waals surface area contributed by atoms with Crippen molar-refractivity contribution in [2.75, 3.05) is 39.1 Å². The Morgan fingerprint density at radius 3 is 2.34 bits per heavy atom. The Kier molecular flexibility index (Phi) is 14.5. The van der Waals surface area contributed by atoms with Crippen LogP contribution in [0.1, 0.15) is 59.3 Å². The van der Waals surface area contributed by atoms with Gasteiger partial charge in [-0.15, -0.1) is 0 Å². The van der Waals surface area contributed by atoms with E-state index in [9.17, 15) is 28.8 Å². The molecule has 0 spiro atoms. The van der Waals surface area contributed by atoms with E-state index in [4.69, 9.17) is 19.3 Å². The fourth-order valence-electron chi connectivity index (χ4n) is 3.45. The maximum atomic E-state index is 12.9. The Hall–Kier alpha value is -2.55. The molecule has 216 valence electrons. The highest BCUT2D eigenvalue weighted by atomic mass is 32.2. The van der Waals surface area contributed by atoms with Gasteiger partial charge >= 0.3 is 5.97 Å². The van der Waals surface area contributed by atoms with Crippen LogP contribution >= 0.6 is 11.8 Å². The van der Waals surface area contributed by atoms with Crippen molar-refractivity contribution < 1.29 is 48.1 Å². The first-order chi connectivity index (χ1) is 17.8. The zero-order valence-electron chi connectivity index (χ0n) is 22.4. The number of Topliss-reactive ketones (excluding diaryl/α,β-unsaturated/α-hetero) is 1. The van der Waals surface area contributed by atoms with Crippen molar-refractivity contribution in [3.05, 3.63) is 0 Å². The third-order valence-electron chi connectivity index (χ3n) is 5.55. The molecule has 0 aromatic carbocycles. The van der Waals surface area contributed by atoms with E-state index in [0.717, 1.165) is 11.8 Å². The van der Waals surface area contributed by atoms with Crippen LogP contribution in [0.5, 0.6) is 0 Å². The Morgan fingerprint density at radius 2 is 1.71 bits per heavy atom. The van der Waals surface area contributed by atoms with Crippen molar-refractivity contribution >= 4 is 46.4 Å². The van der Waals surface area contributed by atoms with Crippen molar-refractivity contribution in [1.29, 1.82) is 0 Å². The van der Waals surface area contributed by atoms with Crippen LogP contribution in [0.4, 0.5) is 0 Å². The molecule has 0 saturated carbocycles. The van der Waals surface area contributed by atoms with Gasteiger partial charge in [0.2, 0.25) is 17.7 Å². The lowest BCUT2D eigenvalue weighted by atomic mass is 9.85. The van der Waals surface area contributed by atoms with Crippen LogP contribution in [-0.2, 0) is 43.0 Å². The largest absolute Gasteiger partial charge is 0.481 e. The van der Waals surface area contributed by atoms with Gasteiger partial charge < -0.3 is 35.3 Å². The topological polar surface area (TPSA) is 186 Å². The molecule has 1 unspecified atom stereocenters. The molecule has 13 nitrogen and oxygen atoms in total. The standard InChI is InChI=1S/C24H39N3O10S/c1-16(28)25-10-5-9-24(35-4)36-15-23(2,3)21(37-24)22(34)27-11-8-18(30)26-12-13-38-20(33)14-17(29)6-7-19(31)32/h21H,5-15H2,1-4H3,(H,25,28)(H,26,30)(H,27,34)(H,31,32)/t21-,24?/m0/s1. The first-order valence-corrected chi connectivity index (χ1v) is 13.3. The fourth-order valence-corrected chi connectivity index (χ4v) is 4.14. The minimum atomic E-state index is -1.43. The van der Waals surface area contributed by atoms with Crippen molar-refractivity contribution in [2.45, 2.75) is 71.4 Å². The monoisotopic (exact) mass is 561 g/mol. The lowest BCUT2D eigenvalue weighted by Gasteiger charge is -2.46. The molecule has 1 aliphatic heterocycles. The van der Waals surface area contributed by atoms with E-state index in [-0.39, 0.29) is 68.1 Å². The molecule has 1 aliphatic rings. The number of ether oxygens (including phenoxy) is 3. The number of carbonyl (C=O) groups excluding carboxylic acids is 5. The number of thioether (sulfide) groups is 1. The predicted octanol–water partition coefficient (Wildman–Crippen LogP) is 0.351. The number of carboxylic acid groups (broad SMARTS) is 1. The SMILES string of the molecule is COC1(CCCNC(C)=O)OCC(C)(C)[C@H](C(=O)NCCC(=O)NCCSC(=O)CC(=O)CCC(=O)O)O1. The molecule has 4 N–H and O–H groups in total. The van der Waals surface area contributed by atoms with Gasteiger partial charge in [0.25, 0.3) is 5.97 Å². The molecule has 38 heavy (non-hydrogen) atoms. The first-order valence-electron chi connectivity index (χ1n) is 12.3. The Labute approximate surface area is 226 Å². The summed E-state index contributed by atoms with van der Waals surface area (Å²) >= 11 is 0.886. The van der Waals surface area contributed by atoms with Crippen LogP contribution in [0.25, 0.3) is 0 Å². The number of ketones is 1. The van der Waals surface area contributed by atoms with Crippen LogP contribution in [-0.4, -0.2) is 90.9 Å². The number of rotatable bonds is 17. The average molecular weight is 562 g/mol. The molecular weight excluding hydrogens is 522 g/mol. The number of amides is 3. The molecule has 1 rings (SSSR count). The van der Waals surface area contributed by atoms with Crippen molar-refractivity contribution in [3.63, 3.8) is 0 Å². The quantitative estimate of drug-likeness (QED) is 0.142. The lowest BCUT2D eigenvalue weighted by molar-refractivity contribution is -0.425. The maximum Gasteiger partial charge on any atom is 0.303 e. The summed E-state index contributed by atoms with van der Waals surface area (Å²) in [6.07, 6.45) is -0.938. The summed E-state index contributed by atoms with van der Waals surface area (Å²) in [7, 11) is 1.42. The summed E-state index contributed by atoms with van der Waals surface area (Å²) in [5, 5.41) is 16.2. The van der Waals surface area contributed by atoms with Crippen molar-refractivity contribution in [3.8, 4) is 0 Å². The summed E-state index contributed by atoms with van der Waals surface area (Å²) in [6, 6.07) is 0. The number of carbonyl (C=O) groups is 6. The van der Waals surface area contributed by atoms with Crippen LogP contribution < -0.4 is 16.0 Å². The van der Waals surface area contributed by atoms with E-state index >= 15 is 0 Å². The zero-order valence-corrected chi connectivity index (χ0v) is 23.2. The van der Waals surface area contributed by atoms with E-state index in [1.165, 1.54) is 14.0 Å². The highest BCUT2D eigenvalue weighted by Gasteiger charge is 2.50. The Morgan fingerprint density at radius 1 is 1.00 bits per heavy atom. The van der Waals surface area contributed by atoms with Gasteiger partial charge in [0.15, 0.2) is 5.12 Å². The summed E-state index contributed by atoms with van der Waals surface area (Å²) in [6.45, 7) is 5.91. The smallest absolute Gasteiger partial charge is 0.303 e. The molecule has 0 aromatic heterocycles. The molecule has 14 heteroatoms. The fraction of sp³-hybridized carbons (Fsp3) is 0.750. The molecule has 1 fully saturated rings. The van der Waals surface area contributed by atoms with Gasteiger partial charge in [0, 0.05) is 64.1 Å². The third kappa shape index (κ3) is 12.8.